The van der Waals surface area contributed by atoms with Gasteiger partial charge in [-0.3, -0.25) is 4.79 Å². The van der Waals surface area contributed by atoms with Gasteiger partial charge in [-0.25, -0.2) is 0 Å². The predicted octanol–water partition coefficient (Wildman–Crippen LogP) is -2.33. The average Bonchev–Trinajstić information content (AvgIpc) is 3.00. The Balaban J connectivity index is 1.45. The van der Waals surface area contributed by atoms with Gasteiger partial charge in [0.25, 0.3) is 0 Å². The molecule has 0 saturated carbocycles. The van der Waals surface area contributed by atoms with Crippen LogP contribution in [0.1, 0.15) is 0 Å². The maximum atomic E-state index is 13.6. The molecule has 16 heteroatoms. The minimum Gasteiger partial charge on any atom is -0.507 e. The number of aliphatic hydroxyl groups is 7. The van der Waals surface area contributed by atoms with Gasteiger partial charge in [0.15, 0.2) is 17.6 Å². The van der Waals surface area contributed by atoms with Gasteiger partial charge in [0.2, 0.25) is 11.7 Å². The third-order valence-corrected chi connectivity index (χ3v) is 7.45. The minimum absolute atomic E-state index is 0.0378. The van der Waals surface area contributed by atoms with Crippen molar-refractivity contribution in [3.05, 3.63) is 34.5 Å². The van der Waals surface area contributed by atoms with Crippen LogP contribution in [0.15, 0.2) is 33.5 Å². The highest BCUT2D eigenvalue weighted by Crippen LogP contribution is 2.38. The molecular formula is C27H32O16. The van der Waals surface area contributed by atoms with Gasteiger partial charge in [0.05, 0.1) is 27.4 Å². The van der Waals surface area contributed by atoms with Gasteiger partial charge in [-0.1, -0.05) is 0 Å². The van der Waals surface area contributed by atoms with Crippen molar-refractivity contribution in [2.75, 3.05) is 27.4 Å². The summed E-state index contributed by atoms with van der Waals surface area (Å²) in [5.41, 5.74) is -0.806. The molecule has 5 rings (SSSR count). The summed E-state index contributed by atoms with van der Waals surface area (Å²) in [4.78, 5) is 13.6. The lowest BCUT2D eigenvalue weighted by molar-refractivity contribution is -0.323. The fourth-order valence-corrected chi connectivity index (χ4v) is 5.02. The van der Waals surface area contributed by atoms with E-state index in [9.17, 15) is 45.6 Å². The molecule has 2 aromatic carbocycles. The molecule has 16 nitrogen and oxygen atoms in total. The summed E-state index contributed by atoms with van der Waals surface area (Å²) in [5, 5.41) is 81.4. The summed E-state index contributed by atoms with van der Waals surface area (Å²) in [7, 11) is 2.70. The van der Waals surface area contributed by atoms with Gasteiger partial charge in [0.1, 0.15) is 82.4 Å². The molecule has 236 valence electrons. The van der Waals surface area contributed by atoms with E-state index in [4.69, 9.17) is 32.8 Å². The number of methoxy groups -OCH3 is 2. The van der Waals surface area contributed by atoms with Gasteiger partial charge in [-0.2, -0.15) is 0 Å². The third-order valence-electron chi connectivity index (χ3n) is 7.45. The van der Waals surface area contributed by atoms with E-state index in [0.29, 0.717) is 0 Å². The van der Waals surface area contributed by atoms with Crippen LogP contribution in [0.2, 0.25) is 0 Å². The second-order valence-electron chi connectivity index (χ2n) is 10.1. The lowest BCUT2D eigenvalue weighted by atomic mass is 9.98. The zero-order chi connectivity index (χ0) is 31.2. The van der Waals surface area contributed by atoms with Crippen molar-refractivity contribution in [3.63, 3.8) is 0 Å². The Morgan fingerprint density at radius 1 is 0.767 bits per heavy atom. The van der Waals surface area contributed by atoms with Gasteiger partial charge >= 0.3 is 0 Å². The fraction of sp³-hybridized carbons (Fsp3) is 0.519. The highest BCUT2D eigenvalue weighted by molar-refractivity contribution is 5.98. The lowest BCUT2D eigenvalue weighted by Crippen LogP contribution is -2.62. The normalized spacial score (nSPS) is 33.0. The number of aliphatic hydroxyl groups excluding tert-OH is 7. The van der Waals surface area contributed by atoms with Crippen molar-refractivity contribution in [2.45, 2.75) is 61.4 Å². The standard InChI is InChI=1S/C27H32O16/c1-37-9-5-12-17(20(32)16-10(29)3-4-11(38-2)25(16)40-12)13(6-9)41-27-24(36)22(34)19(31)15(43-27)8-39-26-23(35)21(33)18(30)14(7-28)42-26/h3-6,14-15,18-19,21-24,26-31,33-36H,7-8H2,1-2H3/t14-,15-,18-,19-,21+,22+,23-,24-,26-,27-/m1/s1. The van der Waals surface area contributed by atoms with Crippen LogP contribution >= 0.6 is 0 Å². The summed E-state index contributed by atoms with van der Waals surface area (Å²) in [5.74, 6) is -0.292. The van der Waals surface area contributed by atoms with Crippen LogP contribution < -0.4 is 19.6 Å². The van der Waals surface area contributed by atoms with E-state index < -0.39 is 85.8 Å². The largest absolute Gasteiger partial charge is 0.507 e. The Morgan fingerprint density at radius 3 is 2.07 bits per heavy atom. The summed E-state index contributed by atoms with van der Waals surface area (Å²) < 4.78 is 38.7. The van der Waals surface area contributed by atoms with E-state index >= 15 is 0 Å². The predicted molar refractivity (Wildman–Crippen MR) is 142 cm³/mol. The summed E-state index contributed by atoms with van der Waals surface area (Å²) in [6.07, 6.45) is -16.5. The maximum Gasteiger partial charge on any atom is 0.229 e. The number of rotatable bonds is 8. The Bertz CT molecular complexity index is 1510. The molecule has 0 aliphatic carbocycles. The maximum absolute atomic E-state index is 13.6. The molecule has 0 unspecified atom stereocenters. The number of hydrogen-bond donors (Lipinski definition) is 8. The molecule has 3 heterocycles. The quantitative estimate of drug-likeness (QED) is 0.124. The Labute approximate surface area is 242 Å². The van der Waals surface area contributed by atoms with E-state index in [-0.39, 0.29) is 39.2 Å². The van der Waals surface area contributed by atoms with E-state index in [1.807, 2.05) is 0 Å². The smallest absolute Gasteiger partial charge is 0.229 e. The zero-order valence-electron chi connectivity index (χ0n) is 22.8. The Hall–Kier alpha value is -3.29. The van der Waals surface area contributed by atoms with Gasteiger partial charge < -0.3 is 73.7 Å². The number of phenolic OH excluding ortho intramolecular Hbond substituents is 1. The fourth-order valence-electron chi connectivity index (χ4n) is 5.02. The van der Waals surface area contributed by atoms with Crippen molar-refractivity contribution in [2.24, 2.45) is 0 Å². The number of ether oxygens (including phenoxy) is 6. The first-order chi connectivity index (χ1) is 20.5. The van der Waals surface area contributed by atoms with Crippen molar-refractivity contribution in [3.8, 4) is 23.0 Å². The molecule has 2 aliphatic heterocycles. The minimum atomic E-state index is -1.85. The van der Waals surface area contributed by atoms with Crippen LogP contribution in [0.5, 0.6) is 23.0 Å². The van der Waals surface area contributed by atoms with Crippen molar-refractivity contribution in [1.82, 2.24) is 0 Å². The number of benzene rings is 2. The summed E-state index contributed by atoms with van der Waals surface area (Å²) >= 11 is 0. The van der Waals surface area contributed by atoms with E-state index in [0.717, 1.165) is 0 Å². The summed E-state index contributed by atoms with van der Waals surface area (Å²) in [6.45, 7) is -1.29. The SMILES string of the molecule is COc1cc(O[C@@H]2O[C@H](CO[C@@H]3O[C@H](CO)[C@@H](O)[C@H](O)[C@H]3O)[C@@H](O)[C@H](O)[C@H]2O)c2c(=O)c3c(O)ccc(OC)c3oc2c1. The molecule has 2 aliphatic rings. The molecule has 1 aromatic heterocycles. The third kappa shape index (κ3) is 5.58. The number of hydrogen-bond acceptors (Lipinski definition) is 16. The molecule has 0 amide bonds. The second-order valence-corrected chi connectivity index (χ2v) is 10.1. The molecule has 43 heavy (non-hydrogen) atoms. The van der Waals surface area contributed by atoms with E-state index in [1.165, 1.54) is 38.5 Å². The molecule has 8 N–H and O–H groups in total. The molecule has 2 saturated heterocycles. The van der Waals surface area contributed by atoms with Crippen molar-refractivity contribution >= 4 is 21.9 Å². The number of phenols is 1. The van der Waals surface area contributed by atoms with Gasteiger partial charge in [-0.05, 0) is 12.1 Å². The molecule has 10 atom stereocenters. The first-order valence-electron chi connectivity index (χ1n) is 13.1. The first kappa shape index (κ1) is 31.1. The molecular weight excluding hydrogens is 580 g/mol. The van der Waals surface area contributed by atoms with E-state index in [1.54, 1.807) is 0 Å². The highest BCUT2D eigenvalue weighted by atomic mass is 16.7. The van der Waals surface area contributed by atoms with Crippen LogP contribution in [0.3, 0.4) is 0 Å². The molecule has 0 bridgehead atoms. The monoisotopic (exact) mass is 612 g/mol. The average molecular weight is 613 g/mol. The molecule has 0 radical (unpaired) electrons. The topological polar surface area (TPSA) is 247 Å². The molecule has 3 aromatic rings. The van der Waals surface area contributed by atoms with Crippen molar-refractivity contribution < 1.29 is 73.7 Å². The lowest BCUT2D eigenvalue weighted by Gasteiger charge is -2.42. The number of fused-ring (bicyclic) bond motifs is 2. The second kappa shape index (κ2) is 12.4. The molecule has 2 fully saturated rings. The van der Waals surface area contributed by atoms with Gasteiger partial charge in [-0.15, -0.1) is 0 Å². The highest BCUT2D eigenvalue weighted by Gasteiger charge is 2.48. The van der Waals surface area contributed by atoms with Crippen LogP contribution in [0.25, 0.3) is 21.9 Å². The van der Waals surface area contributed by atoms with Crippen LogP contribution in [-0.4, -0.2) is 130 Å². The van der Waals surface area contributed by atoms with Gasteiger partial charge in [0, 0.05) is 12.1 Å². The van der Waals surface area contributed by atoms with E-state index in [2.05, 4.69) is 0 Å². The van der Waals surface area contributed by atoms with Crippen LogP contribution in [0.4, 0.5) is 0 Å². The molecule has 0 spiro atoms. The summed E-state index contributed by atoms with van der Waals surface area (Å²) in [6, 6.07) is 5.34. The van der Waals surface area contributed by atoms with Crippen LogP contribution in [-0.2, 0) is 14.2 Å². The van der Waals surface area contributed by atoms with Crippen LogP contribution in [0, 0.1) is 0 Å². The number of aromatic hydroxyl groups is 1. The van der Waals surface area contributed by atoms with Crippen molar-refractivity contribution in [1.29, 1.82) is 0 Å². The zero-order valence-corrected chi connectivity index (χ0v) is 22.8. The Kier molecular flexibility index (Phi) is 8.96. The Morgan fingerprint density at radius 2 is 1.42 bits per heavy atom. The first-order valence-corrected chi connectivity index (χ1v) is 13.1.